The van der Waals surface area contributed by atoms with E-state index < -0.39 is 12.0 Å². The predicted octanol–water partition coefficient (Wildman–Crippen LogP) is 1.33. The Labute approximate surface area is 115 Å². The Morgan fingerprint density at radius 3 is 2.37 bits per heavy atom. The number of hydrogen-bond acceptors (Lipinski definition) is 3. The van der Waals surface area contributed by atoms with Gasteiger partial charge in [-0.1, -0.05) is 20.8 Å². The molecule has 0 spiro atoms. The molecule has 2 N–H and O–H groups in total. The van der Waals surface area contributed by atoms with Gasteiger partial charge >= 0.3 is 5.97 Å². The van der Waals surface area contributed by atoms with E-state index in [0.717, 1.165) is 31.8 Å². The highest BCUT2D eigenvalue weighted by molar-refractivity contribution is 5.84. The summed E-state index contributed by atoms with van der Waals surface area (Å²) in [5.74, 6) is -0.152. The van der Waals surface area contributed by atoms with E-state index in [-0.39, 0.29) is 11.8 Å². The molecule has 1 aliphatic heterocycles. The second-order valence-electron chi connectivity index (χ2n) is 6.05. The van der Waals surface area contributed by atoms with Crippen LogP contribution in [0.4, 0.5) is 0 Å². The number of carbonyl (C=O) groups is 2. The Balaban J connectivity index is 2.38. The molecule has 1 aliphatic rings. The van der Waals surface area contributed by atoms with E-state index in [9.17, 15) is 9.59 Å². The number of amides is 1. The van der Waals surface area contributed by atoms with Crippen LogP contribution in [0.25, 0.3) is 0 Å². The van der Waals surface area contributed by atoms with Gasteiger partial charge in [0, 0.05) is 0 Å². The summed E-state index contributed by atoms with van der Waals surface area (Å²) in [6.07, 6.45) is 2.70. The molecule has 0 aromatic carbocycles. The van der Waals surface area contributed by atoms with Crippen LogP contribution in [0.2, 0.25) is 0 Å². The fourth-order valence-corrected chi connectivity index (χ4v) is 2.36. The molecule has 0 radical (unpaired) electrons. The van der Waals surface area contributed by atoms with E-state index in [2.05, 4.69) is 17.1 Å². The van der Waals surface area contributed by atoms with Crippen LogP contribution in [0, 0.1) is 11.8 Å². The molecule has 1 saturated heterocycles. The van der Waals surface area contributed by atoms with E-state index in [1.807, 2.05) is 13.8 Å². The second-order valence-corrected chi connectivity index (χ2v) is 6.05. The number of nitrogens with zero attached hydrogens (tertiary/aromatic N) is 1. The van der Waals surface area contributed by atoms with Gasteiger partial charge in [0.15, 0.2) is 0 Å². The molecule has 0 aliphatic carbocycles. The highest BCUT2D eigenvalue weighted by Crippen LogP contribution is 2.15. The molecule has 110 valence electrons. The van der Waals surface area contributed by atoms with Crippen LogP contribution >= 0.6 is 0 Å². The first-order chi connectivity index (χ1) is 8.88. The minimum absolute atomic E-state index is 0.178. The number of carbonyl (C=O) groups excluding carboxylic acids is 1. The molecule has 5 nitrogen and oxygen atoms in total. The summed E-state index contributed by atoms with van der Waals surface area (Å²) in [6, 6.07) is -0.767. The summed E-state index contributed by atoms with van der Waals surface area (Å²) in [5, 5.41) is 11.7. The summed E-state index contributed by atoms with van der Waals surface area (Å²) in [4.78, 5) is 25.1. The molecule has 1 fully saturated rings. The van der Waals surface area contributed by atoms with Crippen LogP contribution in [0.1, 0.15) is 40.0 Å². The molecule has 1 amide bonds. The molecule has 5 heteroatoms. The Bertz CT molecular complexity index is 310. The zero-order chi connectivity index (χ0) is 14.4. The van der Waals surface area contributed by atoms with E-state index >= 15 is 0 Å². The van der Waals surface area contributed by atoms with Gasteiger partial charge in [0.05, 0.1) is 6.54 Å². The maximum absolute atomic E-state index is 11.9. The number of nitrogens with one attached hydrogen (secondary N) is 1. The van der Waals surface area contributed by atoms with E-state index in [0.29, 0.717) is 13.0 Å². The predicted molar refractivity (Wildman–Crippen MR) is 73.9 cm³/mol. The molecular weight excluding hydrogens is 244 g/mol. The summed E-state index contributed by atoms with van der Waals surface area (Å²) in [6.45, 7) is 8.30. The van der Waals surface area contributed by atoms with Crippen LogP contribution < -0.4 is 5.32 Å². The first-order valence-corrected chi connectivity index (χ1v) is 7.13. The summed E-state index contributed by atoms with van der Waals surface area (Å²) >= 11 is 0. The van der Waals surface area contributed by atoms with Crippen molar-refractivity contribution < 1.29 is 14.7 Å². The molecule has 1 heterocycles. The van der Waals surface area contributed by atoms with Crippen LogP contribution in [-0.2, 0) is 9.59 Å². The topological polar surface area (TPSA) is 69.6 Å². The average Bonchev–Trinajstić information content (AvgIpc) is 2.30. The van der Waals surface area contributed by atoms with Gasteiger partial charge < -0.3 is 10.4 Å². The third-order valence-electron chi connectivity index (χ3n) is 3.58. The van der Waals surface area contributed by atoms with Crippen molar-refractivity contribution in [2.75, 3.05) is 19.6 Å². The Morgan fingerprint density at radius 2 is 1.89 bits per heavy atom. The van der Waals surface area contributed by atoms with Gasteiger partial charge in [0.25, 0.3) is 0 Å². The van der Waals surface area contributed by atoms with E-state index in [1.165, 1.54) is 0 Å². The van der Waals surface area contributed by atoms with Crippen molar-refractivity contribution in [3.63, 3.8) is 0 Å². The quantitative estimate of drug-likeness (QED) is 0.764. The van der Waals surface area contributed by atoms with E-state index in [1.54, 1.807) is 0 Å². The van der Waals surface area contributed by atoms with Crippen molar-refractivity contribution in [3.8, 4) is 0 Å². The van der Waals surface area contributed by atoms with Crippen molar-refractivity contribution in [1.82, 2.24) is 10.2 Å². The lowest BCUT2D eigenvalue weighted by atomic mass is 9.99. The number of aliphatic carboxylic acids is 1. The van der Waals surface area contributed by atoms with Gasteiger partial charge in [-0.05, 0) is 44.2 Å². The van der Waals surface area contributed by atoms with Gasteiger partial charge in [0.2, 0.25) is 5.91 Å². The number of carboxylic acids is 1. The molecule has 0 aromatic rings. The molecule has 0 bridgehead atoms. The molecule has 0 aromatic heterocycles. The maximum Gasteiger partial charge on any atom is 0.326 e. The smallest absolute Gasteiger partial charge is 0.326 e. The normalized spacial score (nSPS) is 19.4. The average molecular weight is 270 g/mol. The first kappa shape index (κ1) is 16.0. The van der Waals surface area contributed by atoms with Crippen molar-refractivity contribution in [3.05, 3.63) is 0 Å². The van der Waals surface area contributed by atoms with Crippen LogP contribution in [0.15, 0.2) is 0 Å². The van der Waals surface area contributed by atoms with E-state index in [4.69, 9.17) is 5.11 Å². The van der Waals surface area contributed by atoms with Gasteiger partial charge in [0.1, 0.15) is 6.04 Å². The summed E-state index contributed by atoms with van der Waals surface area (Å²) in [7, 11) is 0. The molecule has 0 saturated carbocycles. The first-order valence-electron chi connectivity index (χ1n) is 7.13. The number of hydrogen-bond donors (Lipinski definition) is 2. The Morgan fingerprint density at radius 1 is 1.32 bits per heavy atom. The Hall–Kier alpha value is -1.10. The zero-order valence-corrected chi connectivity index (χ0v) is 12.2. The third kappa shape index (κ3) is 6.05. The monoisotopic (exact) mass is 270 g/mol. The second kappa shape index (κ2) is 7.48. The minimum Gasteiger partial charge on any atom is -0.480 e. The van der Waals surface area contributed by atoms with Crippen molar-refractivity contribution in [1.29, 1.82) is 0 Å². The van der Waals surface area contributed by atoms with Gasteiger partial charge in [-0.3, -0.25) is 9.69 Å². The minimum atomic E-state index is -0.950. The summed E-state index contributed by atoms with van der Waals surface area (Å²) < 4.78 is 0. The van der Waals surface area contributed by atoms with Gasteiger partial charge in [-0.2, -0.15) is 0 Å². The standard InChI is InChI=1S/C14H26N2O3/c1-10(2)8-12(14(18)19)15-13(17)9-16-6-4-11(3)5-7-16/h10-12H,4-9H2,1-3H3,(H,15,17)(H,18,19)/t12-/m1/s1. The van der Waals surface area contributed by atoms with Crippen LogP contribution in [0.5, 0.6) is 0 Å². The molecule has 1 rings (SSSR count). The summed E-state index contributed by atoms with van der Waals surface area (Å²) in [5.41, 5.74) is 0. The van der Waals surface area contributed by atoms with Gasteiger partial charge in [-0.25, -0.2) is 4.79 Å². The third-order valence-corrected chi connectivity index (χ3v) is 3.58. The maximum atomic E-state index is 11.9. The van der Waals surface area contributed by atoms with Crippen molar-refractivity contribution in [2.24, 2.45) is 11.8 Å². The largest absolute Gasteiger partial charge is 0.480 e. The molecular formula is C14H26N2O3. The van der Waals surface area contributed by atoms with Gasteiger partial charge in [-0.15, -0.1) is 0 Å². The fourth-order valence-electron chi connectivity index (χ4n) is 2.36. The lowest BCUT2D eigenvalue weighted by Crippen LogP contribution is -2.47. The SMILES string of the molecule is CC(C)C[C@@H](NC(=O)CN1CCC(C)CC1)C(=O)O. The zero-order valence-electron chi connectivity index (χ0n) is 12.2. The van der Waals surface area contributed by atoms with Crippen molar-refractivity contribution >= 4 is 11.9 Å². The Kier molecular flexibility index (Phi) is 6.28. The molecule has 1 atom stereocenters. The number of piperidine rings is 1. The lowest BCUT2D eigenvalue weighted by molar-refractivity contribution is -0.142. The lowest BCUT2D eigenvalue weighted by Gasteiger charge is -2.30. The number of likely N-dealkylation sites (tertiary alicyclic amines) is 1. The highest BCUT2D eigenvalue weighted by Gasteiger charge is 2.23. The molecule has 19 heavy (non-hydrogen) atoms. The fraction of sp³-hybridized carbons (Fsp3) is 0.857. The number of rotatable bonds is 6. The van der Waals surface area contributed by atoms with Crippen molar-refractivity contribution in [2.45, 2.75) is 46.1 Å². The highest BCUT2D eigenvalue weighted by atomic mass is 16.4. The van der Waals surface area contributed by atoms with Crippen LogP contribution in [0.3, 0.4) is 0 Å². The van der Waals surface area contributed by atoms with Crippen LogP contribution in [-0.4, -0.2) is 47.6 Å². The molecule has 0 unspecified atom stereocenters. The number of carboxylic acid groups (broad SMARTS) is 1.